The smallest absolute Gasteiger partial charge is 0.272 e. The van der Waals surface area contributed by atoms with Gasteiger partial charge in [-0.1, -0.05) is 6.42 Å². The molecule has 1 amide bonds. The van der Waals surface area contributed by atoms with Gasteiger partial charge in [-0.3, -0.25) is 4.79 Å². The topological polar surface area (TPSA) is 61.9 Å². The number of nitrogens with zero attached hydrogens (tertiary/aromatic N) is 3. The van der Waals surface area contributed by atoms with Crippen LogP contribution in [-0.4, -0.2) is 38.8 Å². The lowest BCUT2D eigenvalue weighted by Gasteiger charge is -2.16. The fourth-order valence-corrected chi connectivity index (χ4v) is 3.50. The van der Waals surface area contributed by atoms with E-state index in [1.165, 1.54) is 19.3 Å². The van der Waals surface area contributed by atoms with Gasteiger partial charge >= 0.3 is 0 Å². The Hall–Kier alpha value is -1.91. The summed E-state index contributed by atoms with van der Waals surface area (Å²) >= 11 is 0. The molecule has 3 heterocycles. The SMILES string of the molecule is O=C(c1ccc2[nH]cnc2n1)N1C[C@H]2CCC[C@H]2C1. The van der Waals surface area contributed by atoms with Crippen LogP contribution in [0.25, 0.3) is 11.2 Å². The second-order valence-electron chi connectivity index (χ2n) is 5.63. The molecule has 0 unspecified atom stereocenters. The van der Waals surface area contributed by atoms with Crippen LogP contribution in [0.15, 0.2) is 18.5 Å². The van der Waals surface area contributed by atoms with E-state index < -0.39 is 0 Å². The molecule has 0 spiro atoms. The van der Waals surface area contributed by atoms with Crippen LogP contribution in [0.4, 0.5) is 0 Å². The van der Waals surface area contributed by atoms with Gasteiger partial charge in [-0.05, 0) is 36.8 Å². The molecule has 98 valence electrons. The van der Waals surface area contributed by atoms with Crippen molar-refractivity contribution in [1.29, 1.82) is 0 Å². The predicted molar refractivity (Wildman–Crippen MR) is 70.6 cm³/mol. The zero-order valence-corrected chi connectivity index (χ0v) is 10.7. The number of imidazole rings is 1. The number of pyridine rings is 1. The molecule has 2 aliphatic rings. The second-order valence-corrected chi connectivity index (χ2v) is 5.63. The molecule has 1 saturated heterocycles. The number of aromatic nitrogens is 3. The number of amides is 1. The highest BCUT2D eigenvalue weighted by atomic mass is 16.2. The number of nitrogens with one attached hydrogen (secondary N) is 1. The van der Waals surface area contributed by atoms with E-state index in [1.807, 2.05) is 11.0 Å². The van der Waals surface area contributed by atoms with Gasteiger partial charge in [0.1, 0.15) is 5.69 Å². The molecule has 2 fully saturated rings. The Balaban J connectivity index is 1.59. The van der Waals surface area contributed by atoms with Crippen LogP contribution < -0.4 is 0 Å². The molecular formula is C14H16N4O. The lowest BCUT2D eigenvalue weighted by molar-refractivity contribution is 0.0775. The normalized spacial score (nSPS) is 26.0. The van der Waals surface area contributed by atoms with E-state index in [9.17, 15) is 4.79 Å². The first-order chi connectivity index (χ1) is 9.31. The minimum absolute atomic E-state index is 0.0549. The first-order valence-electron chi connectivity index (χ1n) is 6.90. The quantitative estimate of drug-likeness (QED) is 0.846. The van der Waals surface area contributed by atoms with E-state index in [2.05, 4.69) is 15.0 Å². The van der Waals surface area contributed by atoms with Gasteiger partial charge in [-0.25, -0.2) is 9.97 Å². The van der Waals surface area contributed by atoms with E-state index in [0.29, 0.717) is 11.3 Å². The molecule has 0 aromatic carbocycles. The molecule has 1 saturated carbocycles. The third kappa shape index (κ3) is 1.72. The van der Waals surface area contributed by atoms with Crippen LogP contribution in [0.2, 0.25) is 0 Å². The summed E-state index contributed by atoms with van der Waals surface area (Å²) in [5.41, 5.74) is 2.00. The predicted octanol–water partition coefficient (Wildman–Crippen LogP) is 1.83. The average molecular weight is 256 g/mol. The van der Waals surface area contributed by atoms with Crippen molar-refractivity contribution >= 4 is 17.1 Å². The zero-order valence-electron chi connectivity index (χ0n) is 10.7. The second kappa shape index (κ2) is 4.05. The van der Waals surface area contributed by atoms with Crippen LogP contribution in [0.1, 0.15) is 29.8 Å². The van der Waals surface area contributed by atoms with Gasteiger partial charge in [0, 0.05) is 13.1 Å². The summed E-state index contributed by atoms with van der Waals surface area (Å²) in [6.45, 7) is 1.81. The third-order valence-electron chi connectivity index (χ3n) is 4.51. The maximum absolute atomic E-state index is 12.5. The molecular weight excluding hydrogens is 240 g/mol. The van der Waals surface area contributed by atoms with Crippen LogP contribution in [0, 0.1) is 11.8 Å². The maximum Gasteiger partial charge on any atom is 0.272 e. The highest BCUT2D eigenvalue weighted by Gasteiger charge is 2.38. The number of carbonyl (C=O) groups is 1. The molecule has 19 heavy (non-hydrogen) atoms. The van der Waals surface area contributed by atoms with Crippen LogP contribution in [0.3, 0.4) is 0 Å². The molecule has 1 aliphatic heterocycles. The van der Waals surface area contributed by atoms with Gasteiger partial charge in [0.15, 0.2) is 5.65 Å². The zero-order chi connectivity index (χ0) is 12.8. The fourth-order valence-electron chi connectivity index (χ4n) is 3.50. The minimum atomic E-state index is 0.0549. The van der Waals surface area contributed by atoms with E-state index in [0.717, 1.165) is 30.4 Å². The molecule has 2 atom stereocenters. The van der Waals surface area contributed by atoms with Gasteiger partial charge in [-0.2, -0.15) is 0 Å². The minimum Gasteiger partial charge on any atom is -0.343 e. The Morgan fingerprint density at radius 1 is 1.26 bits per heavy atom. The van der Waals surface area contributed by atoms with Crippen molar-refractivity contribution in [3.8, 4) is 0 Å². The monoisotopic (exact) mass is 256 g/mol. The van der Waals surface area contributed by atoms with Crippen molar-refractivity contribution in [2.75, 3.05) is 13.1 Å². The summed E-state index contributed by atoms with van der Waals surface area (Å²) in [6, 6.07) is 3.66. The Morgan fingerprint density at radius 2 is 2.05 bits per heavy atom. The summed E-state index contributed by atoms with van der Waals surface area (Å²) < 4.78 is 0. The number of H-pyrrole nitrogens is 1. The maximum atomic E-state index is 12.5. The van der Waals surface area contributed by atoms with Gasteiger partial charge in [-0.15, -0.1) is 0 Å². The lowest BCUT2D eigenvalue weighted by atomic mass is 10.0. The highest BCUT2D eigenvalue weighted by molar-refractivity contribution is 5.94. The number of fused-ring (bicyclic) bond motifs is 2. The molecule has 1 aliphatic carbocycles. The number of hydrogen-bond donors (Lipinski definition) is 1. The standard InChI is InChI=1S/C14H16N4O/c19-14(18-6-9-2-1-3-10(9)7-18)12-5-4-11-13(17-12)16-8-15-11/h4-5,8-10H,1-3,6-7H2,(H,15,16,17)/t9-,10+. The van der Waals surface area contributed by atoms with Crippen molar-refractivity contribution in [3.63, 3.8) is 0 Å². The van der Waals surface area contributed by atoms with E-state index in [4.69, 9.17) is 0 Å². The molecule has 1 N–H and O–H groups in total. The highest BCUT2D eigenvalue weighted by Crippen LogP contribution is 2.38. The molecule has 4 rings (SSSR count). The van der Waals surface area contributed by atoms with Crippen molar-refractivity contribution in [2.45, 2.75) is 19.3 Å². The number of carbonyl (C=O) groups excluding carboxylic acids is 1. The lowest BCUT2D eigenvalue weighted by Crippen LogP contribution is -2.30. The average Bonchev–Trinajstić information content (AvgIpc) is 3.11. The Kier molecular flexibility index (Phi) is 2.33. The molecule has 2 aromatic heterocycles. The molecule has 5 heteroatoms. The van der Waals surface area contributed by atoms with Crippen molar-refractivity contribution < 1.29 is 4.79 Å². The van der Waals surface area contributed by atoms with Crippen LogP contribution in [0.5, 0.6) is 0 Å². The van der Waals surface area contributed by atoms with Crippen LogP contribution >= 0.6 is 0 Å². The van der Waals surface area contributed by atoms with Crippen molar-refractivity contribution in [2.24, 2.45) is 11.8 Å². The third-order valence-corrected chi connectivity index (χ3v) is 4.51. The molecule has 0 bridgehead atoms. The molecule has 2 aromatic rings. The first kappa shape index (κ1) is 11.0. The summed E-state index contributed by atoms with van der Waals surface area (Å²) in [6.07, 6.45) is 5.49. The van der Waals surface area contributed by atoms with Gasteiger partial charge in [0.05, 0.1) is 11.8 Å². The number of aromatic amines is 1. The fraction of sp³-hybridized carbons (Fsp3) is 0.500. The molecule has 5 nitrogen and oxygen atoms in total. The number of hydrogen-bond acceptors (Lipinski definition) is 3. The largest absolute Gasteiger partial charge is 0.343 e. The summed E-state index contributed by atoms with van der Waals surface area (Å²) in [7, 11) is 0. The van der Waals surface area contributed by atoms with E-state index in [1.54, 1.807) is 12.4 Å². The molecule has 0 radical (unpaired) electrons. The van der Waals surface area contributed by atoms with Gasteiger partial charge < -0.3 is 9.88 Å². The van der Waals surface area contributed by atoms with Gasteiger partial charge in [0.25, 0.3) is 5.91 Å². The van der Waals surface area contributed by atoms with Crippen molar-refractivity contribution in [3.05, 3.63) is 24.2 Å². The van der Waals surface area contributed by atoms with Crippen molar-refractivity contribution in [1.82, 2.24) is 19.9 Å². The van der Waals surface area contributed by atoms with E-state index >= 15 is 0 Å². The summed E-state index contributed by atoms with van der Waals surface area (Å²) in [5, 5.41) is 0. The van der Waals surface area contributed by atoms with Crippen LogP contribution in [-0.2, 0) is 0 Å². The Morgan fingerprint density at radius 3 is 2.84 bits per heavy atom. The summed E-state index contributed by atoms with van der Waals surface area (Å²) in [4.78, 5) is 25.9. The van der Waals surface area contributed by atoms with Gasteiger partial charge in [0.2, 0.25) is 0 Å². The van der Waals surface area contributed by atoms with E-state index in [-0.39, 0.29) is 5.91 Å². The first-order valence-corrected chi connectivity index (χ1v) is 6.90. The summed E-state index contributed by atoms with van der Waals surface area (Å²) in [5.74, 6) is 1.50. The Bertz CT molecular complexity index is 623. The Labute approximate surface area is 111 Å². The number of rotatable bonds is 1. The number of likely N-dealkylation sites (tertiary alicyclic amines) is 1.